The molecule has 1 amide bonds. The zero-order valence-corrected chi connectivity index (χ0v) is 10.4. The third-order valence-corrected chi connectivity index (χ3v) is 3.38. The van der Waals surface area contributed by atoms with E-state index in [0.717, 1.165) is 12.8 Å². The molecule has 0 aliphatic carbocycles. The van der Waals surface area contributed by atoms with Gasteiger partial charge in [0, 0.05) is 19.5 Å². The second-order valence-corrected chi connectivity index (χ2v) is 4.95. The highest BCUT2D eigenvalue weighted by atomic mass is 32.2. The van der Waals surface area contributed by atoms with Gasteiger partial charge in [-0.25, -0.2) is 4.72 Å². The lowest BCUT2D eigenvalue weighted by Crippen LogP contribution is -2.43. The lowest BCUT2D eigenvalue weighted by atomic mass is 10.4. The number of hydrogen-bond donors (Lipinski definition) is 1. The monoisotopic (exact) mass is 236 g/mol. The molecule has 0 unspecified atom stereocenters. The van der Waals surface area contributed by atoms with Crippen LogP contribution in [0, 0.1) is 0 Å². The maximum atomic E-state index is 11.7. The van der Waals surface area contributed by atoms with Crippen molar-refractivity contribution >= 4 is 16.1 Å². The number of carbonyl (C=O) groups excluding carboxylic acids is 1. The molecule has 6 heteroatoms. The van der Waals surface area contributed by atoms with Gasteiger partial charge in [0.1, 0.15) is 0 Å². The lowest BCUT2D eigenvalue weighted by molar-refractivity contribution is -0.119. The van der Waals surface area contributed by atoms with Crippen LogP contribution in [0.25, 0.3) is 0 Å². The Labute approximate surface area is 92.0 Å². The Morgan fingerprint density at radius 2 is 1.60 bits per heavy atom. The molecule has 0 radical (unpaired) electrons. The van der Waals surface area contributed by atoms with Crippen molar-refractivity contribution < 1.29 is 13.2 Å². The molecule has 15 heavy (non-hydrogen) atoms. The maximum absolute atomic E-state index is 11.7. The summed E-state index contributed by atoms with van der Waals surface area (Å²) in [5.74, 6) is -0.466. The molecule has 0 fully saturated rings. The van der Waals surface area contributed by atoms with Crippen LogP contribution < -0.4 is 4.72 Å². The van der Waals surface area contributed by atoms with Crippen LogP contribution in [0.4, 0.5) is 0 Å². The lowest BCUT2D eigenvalue weighted by Gasteiger charge is -2.20. The first-order valence-electron chi connectivity index (χ1n) is 5.28. The highest BCUT2D eigenvalue weighted by molar-refractivity contribution is 7.87. The fraction of sp³-hybridized carbons (Fsp3) is 0.889. The van der Waals surface area contributed by atoms with E-state index in [2.05, 4.69) is 0 Å². The molecule has 0 rings (SSSR count). The van der Waals surface area contributed by atoms with E-state index in [9.17, 15) is 13.2 Å². The van der Waals surface area contributed by atoms with Crippen molar-refractivity contribution in [2.75, 3.05) is 13.1 Å². The molecular formula is C9H20N2O3S. The third kappa shape index (κ3) is 5.13. The number of carbonyl (C=O) groups is 1. The topological polar surface area (TPSA) is 66.5 Å². The SMILES string of the molecule is CCCN(CCC)S(=O)(=O)NC(=O)CC. The van der Waals surface area contributed by atoms with Gasteiger partial charge in [-0.2, -0.15) is 12.7 Å². The minimum absolute atomic E-state index is 0.172. The Kier molecular flexibility index (Phi) is 6.51. The summed E-state index contributed by atoms with van der Waals surface area (Å²) in [4.78, 5) is 11.0. The van der Waals surface area contributed by atoms with Crippen LogP contribution >= 0.6 is 0 Å². The number of hydrogen-bond acceptors (Lipinski definition) is 3. The summed E-state index contributed by atoms with van der Waals surface area (Å²) in [5, 5.41) is 0. The van der Waals surface area contributed by atoms with Crippen LogP contribution in [0.15, 0.2) is 0 Å². The Bertz CT molecular complexity index is 282. The van der Waals surface area contributed by atoms with Gasteiger partial charge in [0.05, 0.1) is 0 Å². The molecule has 90 valence electrons. The molecule has 0 heterocycles. The molecule has 0 saturated carbocycles. The average Bonchev–Trinajstić information content (AvgIpc) is 2.16. The minimum atomic E-state index is -3.62. The molecule has 0 aromatic heterocycles. The molecule has 5 nitrogen and oxygen atoms in total. The van der Waals surface area contributed by atoms with E-state index in [1.165, 1.54) is 4.31 Å². The quantitative estimate of drug-likeness (QED) is 0.713. The van der Waals surface area contributed by atoms with Gasteiger partial charge in [0.25, 0.3) is 0 Å². The molecule has 0 atom stereocenters. The zero-order valence-electron chi connectivity index (χ0n) is 9.62. The number of nitrogens with one attached hydrogen (secondary N) is 1. The van der Waals surface area contributed by atoms with E-state index in [0.29, 0.717) is 13.1 Å². The van der Waals surface area contributed by atoms with Gasteiger partial charge < -0.3 is 0 Å². The largest absolute Gasteiger partial charge is 0.303 e. The second kappa shape index (κ2) is 6.79. The van der Waals surface area contributed by atoms with Gasteiger partial charge in [-0.05, 0) is 12.8 Å². The molecule has 0 aliphatic rings. The summed E-state index contributed by atoms with van der Waals surface area (Å²) < 4.78 is 26.7. The molecule has 0 aliphatic heterocycles. The highest BCUT2D eigenvalue weighted by Crippen LogP contribution is 2.01. The number of rotatable bonds is 7. The zero-order chi connectivity index (χ0) is 11.9. The summed E-state index contributed by atoms with van der Waals surface area (Å²) in [6.07, 6.45) is 1.65. The van der Waals surface area contributed by atoms with Gasteiger partial charge in [-0.3, -0.25) is 4.79 Å². The fourth-order valence-electron chi connectivity index (χ4n) is 1.13. The van der Waals surface area contributed by atoms with Crippen molar-refractivity contribution in [1.29, 1.82) is 0 Å². The van der Waals surface area contributed by atoms with Crippen molar-refractivity contribution in [1.82, 2.24) is 9.03 Å². The Hall–Kier alpha value is -0.620. The van der Waals surface area contributed by atoms with Crippen molar-refractivity contribution in [3.8, 4) is 0 Å². The average molecular weight is 236 g/mol. The first kappa shape index (κ1) is 14.4. The number of amides is 1. The summed E-state index contributed by atoms with van der Waals surface area (Å²) >= 11 is 0. The third-order valence-electron chi connectivity index (χ3n) is 1.85. The highest BCUT2D eigenvalue weighted by Gasteiger charge is 2.21. The van der Waals surface area contributed by atoms with Crippen LogP contribution in [-0.2, 0) is 15.0 Å². The van der Waals surface area contributed by atoms with Gasteiger partial charge in [-0.1, -0.05) is 20.8 Å². The van der Waals surface area contributed by atoms with E-state index in [-0.39, 0.29) is 6.42 Å². The van der Waals surface area contributed by atoms with E-state index >= 15 is 0 Å². The maximum Gasteiger partial charge on any atom is 0.303 e. The van der Waals surface area contributed by atoms with E-state index in [1.54, 1.807) is 6.92 Å². The van der Waals surface area contributed by atoms with Crippen LogP contribution in [0.3, 0.4) is 0 Å². The van der Waals surface area contributed by atoms with Crippen molar-refractivity contribution in [3.63, 3.8) is 0 Å². The van der Waals surface area contributed by atoms with Gasteiger partial charge in [0.15, 0.2) is 0 Å². The molecule has 0 saturated heterocycles. The van der Waals surface area contributed by atoms with Crippen LogP contribution in [0.2, 0.25) is 0 Å². The summed E-state index contributed by atoms with van der Waals surface area (Å²) in [5.41, 5.74) is 0. The van der Waals surface area contributed by atoms with Crippen LogP contribution in [0.1, 0.15) is 40.0 Å². The first-order chi connectivity index (χ1) is 6.97. The molecule has 0 aromatic carbocycles. The molecule has 0 bridgehead atoms. The van der Waals surface area contributed by atoms with Crippen LogP contribution in [0.5, 0.6) is 0 Å². The predicted octanol–water partition coefficient (Wildman–Crippen LogP) is 0.879. The Morgan fingerprint density at radius 1 is 1.13 bits per heavy atom. The van der Waals surface area contributed by atoms with Crippen molar-refractivity contribution in [2.24, 2.45) is 0 Å². The summed E-state index contributed by atoms with van der Waals surface area (Å²) in [6.45, 7) is 6.31. The van der Waals surface area contributed by atoms with Gasteiger partial charge in [-0.15, -0.1) is 0 Å². The number of nitrogens with zero attached hydrogens (tertiary/aromatic N) is 1. The second-order valence-electron chi connectivity index (χ2n) is 3.28. The van der Waals surface area contributed by atoms with E-state index < -0.39 is 16.1 Å². The molecule has 0 aromatic rings. The fourth-order valence-corrected chi connectivity index (χ4v) is 2.54. The normalized spacial score (nSPS) is 11.7. The van der Waals surface area contributed by atoms with E-state index in [4.69, 9.17) is 0 Å². The Balaban J connectivity index is 4.56. The summed E-state index contributed by atoms with van der Waals surface area (Å²) in [6, 6.07) is 0. The van der Waals surface area contributed by atoms with Gasteiger partial charge in [0.2, 0.25) is 5.91 Å². The van der Waals surface area contributed by atoms with Crippen molar-refractivity contribution in [2.45, 2.75) is 40.0 Å². The van der Waals surface area contributed by atoms with Gasteiger partial charge >= 0.3 is 10.2 Å². The summed E-state index contributed by atoms with van der Waals surface area (Å²) in [7, 11) is -3.62. The Morgan fingerprint density at radius 3 is 1.93 bits per heavy atom. The smallest absolute Gasteiger partial charge is 0.274 e. The van der Waals surface area contributed by atoms with E-state index in [1.807, 2.05) is 18.6 Å². The molecule has 1 N–H and O–H groups in total. The minimum Gasteiger partial charge on any atom is -0.274 e. The van der Waals surface area contributed by atoms with Crippen LogP contribution in [-0.4, -0.2) is 31.7 Å². The van der Waals surface area contributed by atoms with Crippen molar-refractivity contribution in [3.05, 3.63) is 0 Å². The molecular weight excluding hydrogens is 216 g/mol. The predicted molar refractivity (Wildman–Crippen MR) is 59.5 cm³/mol. The molecule has 0 spiro atoms. The standard InChI is InChI=1S/C9H20N2O3S/c1-4-7-11(8-5-2)15(13,14)10-9(12)6-3/h4-8H2,1-3H3,(H,10,12). The first-order valence-corrected chi connectivity index (χ1v) is 6.72.